The zero-order valence-electron chi connectivity index (χ0n) is 16.1. The van der Waals surface area contributed by atoms with Crippen LogP contribution in [0.4, 0.5) is 0 Å². The third-order valence-corrected chi connectivity index (χ3v) is 7.53. The summed E-state index contributed by atoms with van der Waals surface area (Å²) in [5.74, 6) is 1.81. The number of sulfone groups is 1. The van der Waals surface area contributed by atoms with E-state index in [0.29, 0.717) is 48.8 Å². The Morgan fingerprint density at radius 2 is 2.07 bits per heavy atom. The van der Waals surface area contributed by atoms with Crippen LogP contribution in [0.15, 0.2) is 33.8 Å². The summed E-state index contributed by atoms with van der Waals surface area (Å²) in [7, 11) is -1.41. The fraction of sp³-hybridized carbons (Fsp3) is 0.500. The van der Waals surface area contributed by atoms with E-state index in [1.54, 1.807) is 33.0 Å². The second kappa shape index (κ2) is 8.08. The number of halogens is 1. The quantitative estimate of drug-likeness (QED) is 0.590. The Bertz CT molecular complexity index is 954. The van der Waals surface area contributed by atoms with Gasteiger partial charge in [-0.15, -0.1) is 0 Å². The molecule has 0 radical (unpaired) electrons. The Hall–Kier alpha value is -2.13. The van der Waals surface area contributed by atoms with Crippen molar-refractivity contribution in [2.24, 2.45) is 4.99 Å². The van der Waals surface area contributed by atoms with Crippen molar-refractivity contribution in [3.8, 4) is 11.4 Å². The maximum atomic E-state index is 12.2. The van der Waals surface area contributed by atoms with Crippen molar-refractivity contribution in [1.82, 2.24) is 20.4 Å². The molecule has 0 amide bonds. The van der Waals surface area contributed by atoms with Gasteiger partial charge in [-0.1, -0.05) is 16.8 Å². The summed E-state index contributed by atoms with van der Waals surface area (Å²) in [5.41, 5.74) is 0.833. The molecule has 1 aliphatic rings. The molecule has 1 aromatic heterocycles. The molecule has 0 bridgehead atoms. The molecule has 2 aromatic rings. The lowest BCUT2D eigenvalue weighted by Gasteiger charge is -2.39. The standard InChI is InChI=1S/C18H24ClN5O3S/c1-18(2)12-24(10-11-28(18,25)26)17(20-3)21-9-8-15-22-16(23-27-15)13-4-6-14(19)7-5-13/h4-7H,8-12H2,1-3H3,(H,20,21). The van der Waals surface area contributed by atoms with Crippen molar-refractivity contribution in [2.75, 3.05) is 32.4 Å². The van der Waals surface area contributed by atoms with Crippen LogP contribution in [0, 0.1) is 0 Å². The van der Waals surface area contributed by atoms with Crippen molar-refractivity contribution >= 4 is 27.4 Å². The SMILES string of the molecule is CN=C(NCCc1nc(-c2ccc(Cl)cc2)no1)N1CCS(=O)(=O)C(C)(C)C1. The van der Waals surface area contributed by atoms with Crippen LogP contribution < -0.4 is 5.32 Å². The van der Waals surface area contributed by atoms with Gasteiger partial charge in [0.2, 0.25) is 11.7 Å². The highest BCUT2D eigenvalue weighted by atomic mass is 35.5. The first-order valence-electron chi connectivity index (χ1n) is 8.98. The minimum atomic E-state index is -3.09. The van der Waals surface area contributed by atoms with E-state index in [-0.39, 0.29) is 5.75 Å². The number of hydrogen-bond donors (Lipinski definition) is 1. The molecule has 10 heteroatoms. The van der Waals surface area contributed by atoms with Gasteiger partial charge >= 0.3 is 0 Å². The summed E-state index contributed by atoms with van der Waals surface area (Å²) in [4.78, 5) is 10.6. The van der Waals surface area contributed by atoms with Crippen molar-refractivity contribution in [2.45, 2.75) is 25.0 Å². The third-order valence-electron chi connectivity index (χ3n) is 4.75. The van der Waals surface area contributed by atoms with E-state index in [9.17, 15) is 8.42 Å². The van der Waals surface area contributed by atoms with Gasteiger partial charge in [0.05, 0.1) is 10.5 Å². The van der Waals surface area contributed by atoms with Crippen molar-refractivity contribution in [1.29, 1.82) is 0 Å². The minimum absolute atomic E-state index is 0.120. The number of rotatable bonds is 4. The molecule has 0 unspecified atom stereocenters. The van der Waals surface area contributed by atoms with Crippen molar-refractivity contribution in [3.05, 3.63) is 35.2 Å². The van der Waals surface area contributed by atoms with Gasteiger partial charge in [-0.3, -0.25) is 4.99 Å². The first-order chi connectivity index (χ1) is 13.2. The number of nitrogens with one attached hydrogen (secondary N) is 1. The molecule has 8 nitrogen and oxygen atoms in total. The number of aliphatic imine (C=N–C) groups is 1. The van der Waals surface area contributed by atoms with E-state index in [1.165, 1.54) is 0 Å². The van der Waals surface area contributed by atoms with E-state index in [1.807, 2.05) is 17.0 Å². The van der Waals surface area contributed by atoms with Gasteiger partial charge in [0.15, 0.2) is 15.8 Å². The van der Waals surface area contributed by atoms with Crippen LogP contribution in [0.25, 0.3) is 11.4 Å². The predicted molar refractivity (Wildman–Crippen MR) is 109 cm³/mol. The van der Waals surface area contributed by atoms with Crippen LogP contribution in [0.5, 0.6) is 0 Å². The van der Waals surface area contributed by atoms with Crippen LogP contribution in [0.2, 0.25) is 5.02 Å². The lowest BCUT2D eigenvalue weighted by atomic mass is 10.2. The Kier molecular flexibility index (Phi) is 5.95. The highest BCUT2D eigenvalue weighted by Crippen LogP contribution is 2.23. The second-order valence-corrected chi connectivity index (χ2v) is 10.4. The van der Waals surface area contributed by atoms with E-state index >= 15 is 0 Å². The average Bonchev–Trinajstić information content (AvgIpc) is 3.11. The van der Waals surface area contributed by atoms with E-state index in [4.69, 9.17) is 16.1 Å². The van der Waals surface area contributed by atoms with Gasteiger partial charge in [0, 0.05) is 43.7 Å². The van der Waals surface area contributed by atoms with Crippen LogP contribution in [-0.4, -0.2) is 66.6 Å². The van der Waals surface area contributed by atoms with Gasteiger partial charge in [-0.05, 0) is 38.1 Å². The summed E-state index contributed by atoms with van der Waals surface area (Å²) in [5, 5.41) is 7.89. The summed E-state index contributed by atoms with van der Waals surface area (Å²) in [6.45, 7) is 4.86. The lowest BCUT2D eigenvalue weighted by Crippen LogP contribution is -2.57. The van der Waals surface area contributed by atoms with Crippen molar-refractivity contribution < 1.29 is 12.9 Å². The molecule has 0 atom stereocenters. The summed E-state index contributed by atoms with van der Waals surface area (Å²) >= 11 is 5.89. The Balaban J connectivity index is 1.56. The Labute approximate surface area is 169 Å². The number of guanidine groups is 1. The summed E-state index contributed by atoms with van der Waals surface area (Å²) < 4.78 is 28.9. The molecule has 1 saturated heterocycles. The number of hydrogen-bond acceptors (Lipinski definition) is 6. The fourth-order valence-corrected chi connectivity index (χ4v) is 4.50. The normalized spacial score (nSPS) is 18.9. The van der Waals surface area contributed by atoms with Gasteiger partial charge < -0.3 is 14.7 Å². The highest BCUT2D eigenvalue weighted by Gasteiger charge is 2.40. The largest absolute Gasteiger partial charge is 0.356 e. The summed E-state index contributed by atoms with van der Waals surface area (Å²) in [6, 6.07) is 7.23. The molecule has 1 N–H and O–H groups in total. The maximum absolute atomic E-state index is 12.2. The molecule has 0 aliphatic carbocycles. The zero-order valence-corrected chi connectivity index (χ0v) is 17.7. The molecule has 2 heterocycles. The van der Waals surface area contributed by atoms with Crippen LogP contribution in [0.3, 0.4) is 0 Å². The highest BCUT2D eigenvalue weighted by molar-refractivity contribution is 7.92. The van der Waals surface area contributed by atoms with Gasteiger partial charge in [-0.25, -0.2) is 8.42 Å². The molecular formula is C18H24ClN5O3S. The molecular weight excluding hydrogens is 402 g/mol. The minimum Gasteiger partial charge on any atom is -0.356 e. The van der Waals surface area contributed by atoms with Crippen LogP contribution in [-0.2, 0) is 16.3 Å². The molecule has 1 aliphatic heterocycles. The number of nitrogens with zero attached hydrogens (tertiary/aromatic N) is 4. The molecule has 28 heavy (non-hydrogen) atoms. The molecule has 0 saturated carbocycles. The predicted octanol–water partition coefficient (Wildman–Crippen LogP) is 2.02. The summed E-state index contributed by atoms with van der Waals surface area (Å²) in [6.07, 6.45) is 0.523. The Morgan fingerprint density at radius 3 is 2.71 bits per heavy atom. The smallest absolute Gasteiger partial charge is 0.228 e. The number of benzene rings is 1. The first kappa shape index (κ1) is 20.6. The van der Waals surface area contributed by atoms with Gasteiger partial charge in [0.25, 0.3) is 0 Å². The van der Waals surface area contributed by atoms with Gasteiger partial charge in [-0.2, -0.15) is 4.98 Å². The van der Waals surface area contributed by atoms with Gasteiger partial charge in [0.1, 0.15) is 0 Å². The van der Waals surface area contributed by atoms with Crippen LogP contribution in [0.1, 0.15) is 19.7 Å². The van der Waals surface area contributed by atoms with Crippen molar-refractivity contribution in [3.63, 3.8) is 0 Å². The second-order valence-electron chi connectivity index (χ2n) is 7.24. The maximum Gasteiger partial charge on any atom is 0.228 e. The molecule has 152 valence electrons. The fourth-order valence-electron chi connectivity index (χ4n) is 3.01. The van der Waals surface area contributed by atoms with E-state index < -0.39 is 14.6 Å². The van der Waals surface area contributed by atoms with E-state index in [0.717, 1.165) is 5.56 Å². The topological polar surface area (TPSA) is 101 Å². The third kappa shape index (κ3) is 4.47. The lowest BCUT2D eigenvalue weighted by molar-refractivity contribution is 0.350. The van der Waals surface area contributed by atoms with E-state index in [2.05, 4.69) is 20.4 Å². The average molecular weight is 426 g/mol. The molecule has 3 rings (SSSR count). The number of aromatic nitrogens is 2. The molecule has 1 fully saturated rings. The van der Waals surface area contributed by atoms with Crippen LogP contribution >= 0.6 is 11.6 Å². The zero-order chi connectivity index (χ0) is 20.4. The molecule has 1 aromatic carbocycles. The molecule has 0 spiro atoms. The first-order valence-corrected chi connectivity index (χ1v) is 11.0. The monoisotopic (exact) mass is 425 g/mol. The Morgan fingerprint density at radius 1 is 1.36 bits per heavy atom.